The molecule has 0 spiro atoms. The number of fused-ring (bicyclic) bond motifs is 1. The van der Waals surface area contributed by atoms with Gasteiger partial charge >= 0.3 is 5.97 Å². The molecule has 5 heteroatoms. The first-order valence-electron chi connectivity index (χ1n) is 4.07. The fourth-order valence-corrected chi connectivity index (χ4v) is 1.48. The summed E-state index contributed by atoms with van der Waals surface area (Å²) in [5.74, 6) is -1.49. The predicted molar refractivity (Wildman–Crippen MR) is 41.6 cm³/mol. The topological polar surface area (TPSA) is 75.6 Å². The SMILES string of the molecule is O=C1OC2=CCCNC2C(O)C1=O. The number of ketones is 1. The van der Waals surface area contributed by atoms with E-state index in [0.717, 1.165) is 6.42 Å². The molecular weight excluding hydrogens is 174 g/mol. The summed E-state index contributed by atoms with van der Waals surface area (Å²) < 4.78 is 4.72. The number of carbonyl (C=O) groups is 2. The summed E-state index contributed by atoms with van der Waals surface area (Å²) in [6.45, 7) is 0.677. The first kappa shape index (κ1) is 8.40. The third kappa shape index (κ3) is 1.26. The van der Waals surface area contributed by atoms with Crippen molar-refractivity contribution in [2.75, 3.05) is 6.54 Å². The van der Waals surface area contributed by atoms with Gasteiger partial charge in [0.25, 0.3) is 5.78 Å². The number of esters is 1. The molecular formula is C8H9NO4. The molecule has 0 aliphatic carbocycles. The Morgan fingerprint density at radius 1 is 1.54 bits per heavy atom. The highest BCUT2D eigenvalue weighted by molar-refractivity contribution is 6.36. The number of aliphatic hydroxyl groups is 1. The Morgan fingerprint density at radius 2 is 2.31 bits per heavy atom. The van der Waals surface area contributed by atoms with Crippen LogP contribution in [0, 0.1) is 0 Å². The van der Waals surface area contributed by atoms with Crippen LogP contribution >= 0.6 is 0 Å². The van der Waals surface area contributed by atoms with Gasteiger partial charge in [0.1, 0.15) is 11.9 Å². The first-order chi connectivity index (χ1) is 6.20. The molecule has 2 heterocycles. The van der Waals surface area contributed by atoms with E-state index < -0.39 is 23.9 Å². The van der Waals surface area contributed by atoms with Gasteiger partial charge in [-0.25, -0.2) is 4.79 Å². The van der Waals surface area contributed by atoms with Crippen LogP contribution in [0.25, 0.3) is 0 Å². The Morgan fingerprint density at radius 3 is 3.08 bits per heavy atom. The molecule has 70 valence electrons. The lowest BCUT2D eigenvalue weighted by atomic mass is 9.99. The van der Waals surface area contributed by atoms with Crippen LogP contribution in [0.15, 0.2) is 11.8 Å². The van der Waals surface area contributed by atoms with Crippen molar-refractivity contribution >= 4 is 11.8 Å². The van der Waals surface area contributed by atoms with Crippen LogP contribution in [-0.2, 0) is 14.3 Å². The average molecular weight is 183 g/mol. The molecule has 2 aliphatic heterocycles. The van der Waals surface area contributed by atoms with E-state index in [-0.39, 0.29) is 0 Å². The van der Waals surface area contributed by atoms with Gasteiger partial charge < -0.3 is 15.2 Å². The minimum absolute atomic E-state index is 0.364. The van der Waals surface area contributed by atoms with E-state index in [0.29, 0.717) is 12.3 Å². The highest BCUT2D eigenvalue weighted by Crippen LogP contribution is 2.20. The molecule has 0 aromatic heterocycles. The molecule has 1 saturated heterocycles. The number of ether oxygens (including phenoxy) is 1. The molecule has 13 heavy (non-hydrogen) atoms. The maximum atomic E-state index is 11.0. The van der Waals surface area contributed by atoms with E-state index in [1.165, 1.54) is 0 Å². The molecule has 2 atom stereocenters. The Hall–Kier alpha value is -1.20. The van der Waals surface area contributed by atoms with Gasteiger partial charge in [0.05, 0.1) is 6.04 Å². The van der Waals surface area contributed by atoms with E-state index in [4.69, 9.17) is 4.74 Å². The zero-order valence-corrected chi connectivity index (χ0v) is 6.82. The maximum Gasteiger partial charge on any atom is 0.382 e. The van der Waals surface area contributed by atoms with Crippen molar-refractivity contribution in [1.82, 2.24) is 5.32 Å². The minimum atomic E-state index is -1.30. The molecule has 5 nitrogen and oxygen atoms in total. The van der Waals surface area contributed by atoms with Gasteiger partial charge in [-0.05, 0) is 19.0 Å². The Kier molecular flexibility index (Phi) is 1.90. The van der Waals surface area contributed by atoms with Crippen LogP contribution in [0.3, 0.4) is 0 Å². The van der Waals surface area contributed by atoms with E-state index in [1.54, 1.807) is 6.08 Å². The molecule has 0 aromatic carbocycles. The van der Waals surface area contributed by atoms with E-state index in [9.17, 15) is 14.7 Å². The summed E-state index contributed by atoms with van der Waals surface area (Å²) in [5.41, 5.74) is 0. The van der Waals surface area contributed by atoms with Crippen molar-refractivity contribution < 1.29 is 19.4 Å². The largest absolute Gasteiger partial charge is 0.424 e. The molecule has 1 fully saturated rings. The van der Waals surface area contributed by atoms with E-state index in [1.807, 2.05) is 0 Å². The minimum Gasteiger partial charge on any atom is -0.424 e. The summed E-state index contributed by atoms with van der Waals surface area (Å²) in [4.78, 5) is 21.8. The fourth-order valence-electron chi connectivity index (χ4n) is 1.48. The van der Waals surface area contributed by atoms with Crippen LogP contribution in [0.2, 0.25) is 0 Å². The third-order valence-corrected chi connectivity index (χ3v) is 2.16. The highest BCUT2D eigenvalue weighted by atomic mass is 16.5. The lowest BCUT2D eigenvalue weighted by Gasteiger charge is -2.31. The standard InChI is InChI=1S/C8H9NO4/c10-6-5-4(2-1-3-9-5)13-8(12)7(6)11/h2,5-6,9-10H,1,3H2. The van der Waals surface area contributed by atoms with Crippen molar-refractivity contribution in [3.63, 3.8) is 0 Å². The van der Waals surface area contributed by atoms with Crippen LogP contribution in [0.4, 0.5) is 0 Å². The van der Waals surface area contributed by atoms with Crippen molar-refractivity contribution in [3.05, 3.63) is 11.8 Å². The summed E-state index contributed by atoms with van der Waals surface area (Å²) in [6, 6.07) is -0.543. The number of rotatable bonds is 0. The lowest BCUT2D eigenvalue weighted by Crippen LogP contribution is -2.54. The zero-order valence-electron chi connectivity index (χ0n) is 6.82. The molecule has 2 unspecified atom stereocenters. The van der Waals surface area contributed by atoms with E-state index in [2.05, 4.69) is 5.32 Å². The maximum absolute atomic E-state index is 11.0. The van der Waals surface area contributed by atoms with Gasteiger partial charge in [0.15, 0.2) is 0 Å². The van der Waals surface area contributed by atoms with Crippen LogP contribution in [0.5, 0.6) is 0 Å². The molecule has 0 saturated carbocycles. The van der Waals surface area contributed by atoms with Crippen LogP contribution in [-0.4, -0.2) is 35.5 Å². The second-order valence-electron chi connectivity index (χ2n) is 3.03. The van der Waals surface area contributed by atoms with Crippen LogP contribution < -0.4 is 5.32 Å². The predicted octanol–water partition coefficient (Wildman–Crippen LogP) is -1.28. The number of nitrogens with one attached hydrogen (secondary N) is 1. The average Bonchev–Trinajstić information content (AvgIpc) is 2.15. The second-order valence-corrected chi connectivity index (χ2v) is 3.03. The van der Waals surface area contributed by atoms with Crippen molar-refractivity contribution in [2.24, 2.45) is 0 Å². The van der Waals surface area contributed by atoms with Gasteiger partial charge in [0, 0.05) is 0 Å². The summed E-state index contributed by atoms with van der Waals surface area (Å²) in [6.07, 6.45) is 1.15. The molecule has 2 N–H and O–H groups in total. The summed E-state index contributed by atoms with van der Waals surface area (Å²) in [5, 5.41) is 12.3. The number of hydrogen-bond donors (Lipinski definition) is 2. The molecule has 2 aliphatic rings. The van der Waals surface area contributed by atoms with Crippen molar-refractivity contribution in [3.8, 4) is 0 Å². The molecule has 2 rings (SSSR count). The van der Waals surface area contributed by atoms with Gasteiger partial charge in [-0.2, -0.15) is 0 Å². The quantitative estimate of drug-likeness (QED) is 0.361. The number of hydrogen-bond acceptors (Lipinski definition) is 5. The third-order valence-electron chi connectivity index (χ3n) is 2.16. The Labute approximate surface area is 74.4 Å². The monoisotopic (exact) mass is 183 g/mol. The van der Waals surface area contributed by atoms with Gasteiger partial charge in [0.2, 0.25) is 0 Å². The number of aliphatic hydroxyl groups excluding tert-OH is 1. The zero-order chi connectivity index (χ0) is 9.42. The Bertz CT molecular complexity index is 297. The summed E-state index contributed by atoms with van der Waals surface area (Å²) >= 11 is 0. The van der Waals surface area contributed by atoms with Gasteiger partial charge in [-0.15, -0.1) is 0 Å². The molecule has 0 radical (unpaired) electrons. The van der Waals surface area contributed by atoms with E-state index >= 15 is 0 Å². The number of Topliss-reactive ketones (excluding diaryl/α,β-unsaturated/α-hetero) is 1. The lowest BCUT2D eigenvalue weighted by molar-refractivity contribution is -0.160. The second kappa shape index (κ2) is 2.93. The number of carbonyl (C=O) groups excluding carboxylic acids is 2. The normalized spacial score (nSPS) is 33.5. The van der Waals surface area contributed by atoms with Crippen molar-refractivity contribution in [1.29, 1.82) is 0 Å². The van der Waals surface area contributed by atoms with Gasteiger partial charge in [-0.1, -0.05) is 0 Å². The first-order valence-corrected chi connectivity index (χ1v) is 4.07. The fraction of sp³-hybridized carbons (Fsp3) is 0.500. The summed E-state index contributed by atoms with van der Waals surface area (Å²) in [7, 11) is 0. The molecule has 0 amide bonds. The van der Waals surface area contributed by atoms with Crippen LogP contribution in [0.1, 0.15) is 6.42 Å². The van der Waals surface area contributed by atoms with Gasteiger partial charge in [-0.3, -0.25) is 4.79 Å². The van der Waals surface area contributed by atoms with Crippen molar-refractivity contribution in [2.45, 2.75) is 18.6 Å². The molecule has 0 bridgehead atoms. The highest BCUT2D eigenvalue weighted by Gasteiger charge is 2.41. The Balaban J connectivity index is 2.29. The molecule has 0 aromatic rings. The smallest absolute Gasteiger partial charge is 0.382 e.